The second kappa shape index (κ2) is 6.08. The van der Waals surface area contributed by atoms with Crippen molar-refractivity contribution in [1.82, 2.24) is 4.90 Å². The van der Waals surface area contributed by atoms with Gasteiger partial charge in [-0.05, 0) is 12.3 Å². The number of hydrogen-bond acceptors (Lipinski definition) is 3. The number of carbonyl (C=O) groups is 1. The maximum atomic E-state index is 10.9. The van der Waals surface area contributed by atoms with Gasteiger partial charge in [-0.25, -0.2) is 0 Å². The first-order valence-electron chi connectivity index (χ1n) is 5.68. The van der Waals surface area contributed by atoms with E-state index in [0.29, 0.717) is 13.2 Å². The van der Waals surface area contributed by atoms with Gasteiger partial charge in [-0.3, -0.25) is 9.69 Å². The first-order chi connectivity index (χ1) is 7.15. The second-order valence-electron chi connectivity index (χ2n) is 4.29. The Hall–Kier alpha value is -0.610. The van der Waals surface area contributed by atoms with Gasteiger partial charge in [0.05, 0.1) is 12.5 Å². The lowest BCUT2D eigenvalue weighted by Crippen LogP contribution is -2.26. The molecule has 1 aliphatic heterocycles. The van der Waals surface area contributed by atoms with E-state index in [9.17, 15) is 4.79 Å². The summed E-state index contributed by atoms with van der Waals surface area (Å²) in [7, 11) is 0. The lowest BCUT2D eigenvalue weighted by Gasteiger charge is -2.14. The zero-order valence-electron chi connectivity index (χ0n) is 9.61. The van der Waals surface area contributed by atoms with Crippen LogP contribution in [0.3, 0.4) is 0 Å². The van der Waals surface area contributed by atoms with Crippen molar-refractivity contribution in [2.45, 2.75) is 20.3 Å². The fraction of sp³-hybridized carbons (Fsp3) is 0.909. The van der Waals surface area contributed by atoms with Crippen molar-refractivity contribution in [3.63, 3.8) is 0 Å². The standard InChI is InChI=1S/C11H21NO3/c1-3-5-15-6-4-12-7-9(2)10(8-12)11(13)14/h9-10H,3-8H2,1-2H3,(H,13,14)/t9-,10-/m1/s1. The van der Waals surface area contributed by atoms with Crippen molar-refractivity contribution in [3.8, 4) is 0 Å². The van der Waals surface area contributed by atoms with E-state index in [2.05, 4.69) is 11.8 Å². The van der Waals surface area contributed by atoms with E-state index in [1.54, 1.807) is 0 Å². The zero-order valence-corrected chi connectivity index (χ0v) is 9.61. The lowest BCUT2D eigenvalue weighted by atomic mass is 9.99. The number of nitrogens with zero attached hydrogens (tertiary/aromatic N) is 1. The van der Waals surface area contributed by atoms with Crippen molar-refractivity contribution >= 4 is 5.97 Å². The number of rotatable bonds is 6. The van der Waals surface area contributed by atoms with Crippen molar-refractivity contribution in [1.29, 1.82) is 0 Å². The molecule has 1 fully saturated rings. The van der Waals surface area contributed by atoms with Gasteiger partial charge in [0.2, 0.25) is 0 Å². The van der Waals surface area contributed by atoms with Crippen LogP contribution in [0.4, 0.5) is 0 Å². The van der Waals surface area contributed by atoms with Gasteiger partial charge in [0.25, 0.3) is 0 Å². The van der Waals surface area contributed by atoms with Crippen LogP contribution in [0.2, 0.25) is 0 Å². The molecule has 0 radical (unpaired) electrons. The molecule has 0 bridgehead atoms. The normalized spacial score (nSPS) is 27.1. The van der Waals surface area contributed by atoms with Crippen molar-refractivity contribution in [2.24, 2.45) is 11.8 Å². The SMILES string of the molecule is CCCOCCN1C[C@@H](C)[C@H](C(=O)O)C1. The Morgan fingerprint density at radius 1 is 1.47 bits per heavy atom. The van der Waals surface area contributed by atoms with E-state index in [1.165, 1.54) is 0 Å². The molecule has 0 saturated carbocycles. The third-order valence-corrected chi connectivity index (χ3v) is 2.91. The number of likely N-dealkylation sites (tertiary alicyclic amines) is 1. The molecular weight excluding hydrogens is 194 g/mol. The Morgan fingerprint density at radius 2 is 2.20 bits per heavy atom. The Labute approximate surface area is 91.2 Å². The first-order valence-corrected chi connectivity index (χ1v) is 5.68. The van der Waals surface area contributed by atoms with E-state index in [-0.39, 0.29) is 11.8 Å². The quantitative estimate of drug-likeness (QED) is 0.673. The van der Waals surface area contributed by atoms with Crippen LogP contribution in [0, 0.1) is 11.8 Å². The highest BCUT2D eigenvalue weighted by Gasteiger charge is 2.34. The van der Waals surface area contributed by atoms with Crippen molar-refractivity contribution in [3.05, 3.63) is 0 Å². The summed E-state index contributed by atoms with van der Waals surface area (Å²) in [4.78, 5) is 13.1. The molecule has 1 heterocycles. The number of carboxylic acids is 1. The van der Waals surface area contributed by atoms with Crippen LogP contribution < -0.4 is 0 Å². The molecule has 0 amide bonds. The lowest BCUT2D eigenvalue weighted by molar-refractivity contribution is -0.142. The van der Waals surface area contributed by atoms with Crippen LogP contribution in [0.25, 0.3) is 0 Å². The summed E-state index contributed by atoms with van der Waals surface area (Å²) in [6.07, 6.45) is 1.04. The predicted molar refractivity (Wildman–Crippen MR) is 57.8 cm³/mol. The van der Waals surface area contributed by atoms with Gasteiger partial charge in [0.1, 0.15) is 0 Å². The highest BCUT2D eigenvalue weighted by molar-refractivity contribution is 5.71. The van der Waals surface area contributed by atoms with Crippen LogP contribution in [0.5, 0.6) is 0 Å². The van der Waals surface area contributed by atoms with E-state index in [0.717, 1.165) is 26.1 Å². The Balaban J connectivity index is 2.20. The maximum absolute atomic E-state index is 10.9. The van der Waals surface area contributed by atoms with Crippen LogP contribution in [-0.4, -0.2) is 48.8 Å². The van der Waals surface area contributed by atoms with Crippen LogP contribution in [-0.2, 0) is 9.53 Å². The molecule has 0 aromatic heterocycles. The molecular formula is C11H21NO3. The molecule has 4 heteroatoms. The van der Waals surface area contributed by atoms with Crippen molar-refractivity contribution in [2.75, 3.05) is 32.8 Å². The maximum Gasteiger partial charge on any atom is 0.308 e. The van der Waals surface area contributed by atoms with Gasteiger partial charge in [0, 0.05) is 26.2 Å². The molecule has 0 spiro atoms. The van der Waals surface area contributed by atoms with E-state index < -0.39 is 5.97 Å². The molecule has 88 valence electrons. The molecule has 0 aliphatic carbocycles. The number of ether oxygens (including phenoxy) is 1. The molecule has 1 rings (SSSR count). The summed E-state index contributed by atoms with van der Waals surface area (Å²) in [6.45, 7) is 8.01. The molecule has 1 aliphatic rings. The fourth-order valence-corrected chi connectivity index (χ4v) is 2.01. The van der Waals surface area contributed by atoms with E-state index in [4.69, 9.17) is 9.84 Å². The summed E-state index contributed by atoms with van der Waals surface area (Å²) in [6, 6.07) is 0. The molecule has 1 saturated heterocycles. The highest BCUT2D eigenvalue weighted by atomic mass is 16.5. The molecule has 1 N–H and O–H groups in total. The smallest absolute Gasteiger partial charge is 0.308 e. The van der Waals surface area contributed by atoms with Gasteiger partial charge >= 0.3 is 5.97 Å². The topological polar surface area (TPSA) is 49.8 Å². The average Bonchev–Trinajstić information content (AvgIpc) is 2.55. The molecule has 2 atom stereocenters. The molecule has 0 unspecified atom stereocenters. The monoisotopic (exact) mass is 215 g/mol. The Bertz CT molecular complexity index is 208. The molecule has 15 heavy (non-hydrogen) atoms. The summed E-state index contributed by atoms with van der Waals surface area (Å²) >= 11 is 0. The molecule has 4 nitrogen and oxygen atoms in total. The summed E-state index contributed by atoms with van der Waals surface area (Å²) in [5, 5.41) is 8.95. The van der Waals surface area contributed by atoms with Crippen LogP contribution in [0.15, 0.2) is 0 Å². The van der Waals surface area contributed by atoms with Crippen molar-refractivity contribution < 1.29 is 14.6 Å². The van der Waals surface area contributed by atoms with E-state index in [1.807, 2.05) is 6.92 Å². The summed E-state index contributed by atoms with van der Waals surface area (Å²) in [5.74, 6) is -0.607. The van der Waals surface area contributed by atoms with E-state index >= 15 is 0 Å². The van der Waals surface area contributed by atoms with Gasteiger partial charge in [-0.1, -0.05) is 13.8 Å². The molecule has 0 aromatic rings. The van der Waals surface area contributed by atoms with Gasteiger partial charge in [-0.15, -0.1) is 0 Å². The van der Waals surface area contributed by atoms with Crippen LogP contribution in [0.1, 0.15) is 20.3 Å². The minimum atomic E-state index is -0.667. The number of aliphatic carboxylic acids is 1. The summed E-state index contributed by atoms with van der Waals surface area (Å²) < 4.78 is 5.39. The minimum Gasteiger partial charge on any atom is -0.481 e. The summed E-state index contributed by atoms with van der Waals surface area (Å²) in [5.41, 5.74) is 0. The van der Waals surface area contributed by atoms with Gasteiger partial charge < -0.3 is 9.84 Å². The predicted octanol–water partition coefficient (Wildman–Crippen LogP) is 1.07. The fourth-order valence-electron chi connectivity index (χ4n) is 2.01. The van der Waals surface area contributed by atoms with Gasteiger partial charge in [0.15, 0.2) is 0 Å². The number of carboxylic acid groups (broad SMARTS) is 1. The Morgan fingerprint density at radius 3 is 2.73 bits per heavy atom. The first kappa shape index (κ1) is 12.5. The largest absolute Gasteiger partial charge is 0.481 e. The van der Waals surface area contributed by atoms with Crippen LogP contribution >= 0.6 is 0 Å². The minimum absolute atomic E-state index is 0.198. The van der Waals surface area contributed by atoms with Gasteiger partial charge in [-0.2, -0.15) is 0 Å². The number of hydrogen-bond donors (Lipinski definition) is 1. The third kappa shape index (κ3) is 3.80. The second-order valence-corrected chi connectivity index (χ2v) is 4.29. The third-order valence-electron chi connectivity index (χ3n) is 2.91. The Kier molecular flexibility index (Phi) is 5.05. The average molecular weight is 215 g/mol. The zero-order chi connectivity index (χ0) is 11.3. The molecule has 0 aromatic carbocycles. The highest BCUT2D eigenvalue weighted by Crippen LogP contribution is 2.22.